The Morgan fingerprint density at radius 2 is 1.71 bits per heavy atom. The molecule has 1 atom stereocenters. The highest BCUT2D eigenvalue weighted by molar-refractivity contribution is 7.89. The van der Waals surface area contributed by atoms with Gasteiger partial charge in [-0.25, -0.2) is 8.42 Å². The van der Waals surface area contributed by atoms with Gasteiger partial charge in [0.25, 0.3) is 0 Å². The van der Waals surface area contributed by atoms with E-state index >= 15 is 0 Å². The molecule has 0 aliphatic rings. The van der Waals surface area contributed by atoms with Gasteiger partial charge in [0.2, 0.25) is 15.9 Å². The molecule has 3 aromatic carbocycles. The lowest BCUT2D eigenvalue weighted by Gasteiger charge is -2.21. The monoisotopic (exact) mass is 480 g/mol. The number of benzene rings is 3. The zero-order chi connectivity index (χ0) is 24.5. The highest BCUT2D eigenvalue weighted by atomic mass is 32.2. The van der Waals surface area contributed by atoms with Crippen molar-refractivity contribution >= 4 is 43.6 Å². The van der Waals surface area contributed by atoms with Crippen LogP contribution in [-0.2, 0) is 14.8 Å². The van der Waals surface area contributed by atoms with Crippen LogP contribution < -0.4 is 14.8 Å². The fourth-order valence-electron chi connectivity index (χ4n) is 3.89. The van der Waals surface area contributed by atoms with E-state index < -0.39 is 22.0 Å². The van der Waals surface area contributed by atoms with Gasteiger partial charge in [-0.2, -0.15) is 4.72 Å². The number of anilines is 1. The number of carbonyl (C=O) groups is 1. The van der Waals surface area contributed by atoms with E-state index in [2.05, 4.69) is 10.0 Å². The summed E-state index contributed by atoms with van der Waals surface area (Å²) in [5, 5.41) is 4.64. The summed E-state index contributed by atoms with van der Waals surface area (Å²) in [6.07, 6.45) is 0.326. The summed E-state index contributed by atoms with van der Waals surface area (Å²) in [4.78, 5) is 13.4. The molecule has 1 heterocycles. The van der Waals surface area contributed by atoms with Crippen LogP contribution in [0.3, 0.4) is 0 Å². The molecule has 0 saturated heterocycles. The zero-order valence-corrected chi connectivity index (χ0v) is 20.4. The van der Waals surface area contributed by atoms with Crippen molar-refractivity contribution in [2.45, 2.75) is 38.1 Å². The topological polar surface area (TPSA) is 97.6 Å². The van der Waals surface area contributed by atoms with Crippen LogP contribution in [0.1, 0.15) is 25.8 Å². The maximum absolute atomic E-state index is 13.3. The Kier molecular flexibility index (Phi) is 6.63. The SMILES string of the molecule is COc1cc2c(cc1NC(=O)[C@@H](CC(C)C)NS(=O)(=O)c1ccc(C)cc1)oc1ccccc12. The molecule has 0 unspecified atom stereocenters. The predicted octanol–water partition coefficient (Wildman–Crippen LogP) is 5.23. The molecule has 4 aromatic rings. The zero-order valence-electron chi connectivity index (χ0n) is 19.6. The minimum Gasteiger partial charge on any atom is -0.495 e. The van der Waals surface area contributed by atoms with Crippen molar-refractivity contribution in [1.82, 2.24) is 4.72 Å². The largest absolute Gasteiger partial charge is 0.495 e. The van der Waals surface area contributed by atoms with E-state index in [4.69, 9.17) is 9.15 Å². The smallest absolute Gasteiger partial charge is 0.242 e. The lowest BCUT2D eigenvalue weighted by molar-refractivity contribution is -0.118. The lowest BCUT2D eigenvalue weighted by Crippen LogP contribution is -2.44. The number of hydrogen-bond donors (Lipinski definition) is 2. The van der Waals surface area contributed by atoms with Gasteiger partial charge in [-0.1, -0.05) is 49.7 Å². The molecule has 7 nitrogen and oxygen atoms in total. The van der Waals surface area contributed by atoms with Crippen molar-refractivity contribution in [3.63, 3.8) is 0 Å². The lowest BCUT2D eigenvalue weighted by atomic mass is 10.0. The standard InChI is InChI=1S/C26H28N2O5S/c1-16(2)13-22(28-34(30,31)18-11-9-17(3)10-12-18)26(29)27-21-15-24-20(14-25(21)32-4)19-7-5-6-8-23(19)33-24/h5-12,14-16,22,28H,13H2,1-4H3,(H,27,29)/t22-/m1/s1. The molecule has 34 heavy (non-hydrogen) atoms. The number of carbonyl (C=O) groups excluding carboxylic acids is 1. The van der Waals surface area contributed by atoms with E-state index in [9.17, 15) is 13.2 Å². The van der Waals surface area contributed by atoms with Gasteiger partial charge in [0.1, 0.15) is 23.0 Å². The molecule has 0 bridgehead atoms. The number of rotatable bonds is 8. The Hall–Kier alpha value is -3.36. The van der Waals surface area contributed by atoms with Crippen LogP contribution in [0.4, 0.5) is 5.69 Å². The van der Waals surface area contributed by atoms with Crippen molar-refractivity contribution in [1.29, 1.82) is 0 Å². The van der Waals surface area contributed by atoms with E-state index in [1.54, 1.807) is 18.2 Å². The fraction of sp³-hybridized carbons (Fsp3) is 0.269. The van der Waals surface area contributed by atoms with Gasteiger partial charge < -0.3 is 14.5 Å². The van der Waals surface area contributed by atoms with Crippen LogP contribution in [0.25, 0.3) is 21.9 Å². The van der Waals surface area contributed by atoms with Crippen molar-refractivity contribution < 1.29 is 22.4 Å². The fourth-order valence-corrected chi connectivity index (χ4v) is 5.10. The molecule has 0 saturated carbocycles. The third-order valence-corrected chi connectivity index (χ3v) is 7.10. The molecule has 0 aliphatic heterocycles. The molecule has 0 radical (unpaired) electrons. The molecule has 0 fully saturated rings. The number of methoxy groups -OCH3 is 1. The van der Waals surface area contributed by atoms with Crippen LogP contribution in [0.5, 0.6) is 5.75 Å². The minimum absolute atomic E-state index is 0.0798. The second-order valence-electron chi connectivity index (χ2n) is 8.75. The predicted molar refractivity (Wildman–Crippen MR) is 134 cm³/mol. The summed E-state index contributed by atoms with van der Waals surface area (Å²) in [6.45, 7) is 5.74. The Labute approximate surface area is 199 Å². The number of para-hydroxylation sites is 1. The van der Waals surface area contributed by atoms with E-state index in [1.165, 1.54) is 19.2 Å². The van der Waals surface area contributed by atoms with Crippen molar-refractivity contribution in [3.05, 3.63) is 66.2 Å². The number of sulfonamides is 1. The van der Waals surface area contributed by atoms with Gasteiger partial charge in [0, 0.05) is 16.8 Å². The summed E-state index contributed by atoms with van der Waals surface area (Å²) in [5.74, 6) is 0.0615. The molecular weight excluding hydrogens is 452 g/mol. The Balaban J connectivity index is 1.64. The number of nitrogens with one attached hydrogen (secondary N) is 2. The van der Waals surface area contributed by atoms with Gasteiger partial charge in [0.15, 0.2) is 0 Å². The maximum atomic E-state index is 13.3. The van der Waals surface area contributed by atoms with Crippen LogP contribution in [-0.4, -0.2) is 27.5 Å². The first-order valence-electron chi connectivity index (χ1n) is 11.1. The molecule has 4 rings (SSSR count). The summed E-state index contributed by atoms with van der Waals surface area (Å²) >= 11 is 0. The van der Waals surface area contributed by atoms with Gasteiger partial charge in [0.05, 0.1) is 17.7 Å². The first-order chi connectivity index (χ1) is 16.2. The molecule has 0 spiro atoms. The third kappa shape index (κ3) is 4.93. The molecule has 1 amide bonds. The molecule has 178 valence electrons. The number of amides is 1. The van der Waals surface area contributed by atoms with Crippen LogP contribution >= 0.6 is 0 Å². The van der Waals surface area contributed by atoms with Crippen molar-refractivity contribution in [2.75, 3.05) is 12.4 Å². The number of furan rings is 1. The van der Waals surface area contributed by atoms with Crippen LogP contribution in [0, 0.1) is 12.8 Å². The van der Waals surface area contributed by atoms with Crippen LogP contribution in [0.2, 0.25) is 0 Å². The number of fused-ring (bicyclic) bond motifs is 3. The second-order valence-corrected chi connectivity index (χ2v) is 10.5. The molecule has 8 heteroatoms. The Morgan fingerprint density at radius 1 is 1.00 bits per heavy atom. The number of hydrogen-bond acceptors (Lipinski definition) is 5. The average molecular weight is 481 g/mol. The van der Waals surface area contributed by atoms with Gasteiger partial charge in [-0.3, -0.25) is 4.79 Å². The highest BCUT2D eigenvalue weighted by Gasteiger charge is 2.27. The molecule has 0 aliphatic carbocycles. The summed E-state index contributed by atoms with van der Waals surface area (Å²) < 4.78 is 39.9. The molecule has 2 N–H and O–H groups in total. The van der Waals surface area contributed by atoms with Crippen LogP contribution in [0.15, 0.2) is 70.0 Å². The third-order valence-electron chi connectivity index (χ3n) is 5.61. The number of ether oxygens (including phenoxy) is 1. The Morgan fingerprint density at radius 3 is 2.38 bits per heavy atom. The van der Waals surface area contributed by atoms with E-state index in [-0.39, 0.29) is 10.8 Å². The van der Waals surface area contributed by atoms with Crippen molar-refractivity contribution in [3.8, 4) is 5.75 Å². The van der Waals surface area contributed by atoms with E-state index in [1.807, 2.05) is 51.1 Å². The normalized spacial score (nSPS) is 12.9. The van der Waals surface area contributed by atoms with Crippen molar-refractivity contribution in [2.24, 2.45) is 5.92 Å². The summed E-state index contributed by atoms with van der Waals surface area (Å²) in [6, 6.07) is 16.7. The first kappa shape index (κ1) is 23.8. The highest BCUT2D eigenvalue weighted by Crippen LogP contribution is 2.36. The molecule has 1 aromatic heterocycles. The van der Waals surface area contributed by atoms with Gasteiger partial charge in [-0.05, 0) is 43.5 Å². The average Bonchev–Trinajstić information content (AvgIpc) is 3.15. The first-order valence-corrected chi connectivity index (χ1v) is 12.6. The number of aryl methyl sites for hydroxylation is 1. The van der Waals surface area contributed by atoms with Gasteiger partial charge in [-0.15, -0.1) is 0 Å². The quantitative estimate of drug-likeness (QED) is 0.360. The second kappa shape index (κ2) is 9.48. The van der Waals surface area contributed by atoms with E-state index in [0.717, 1.165) is 21.9 Å². The Bertz CT molecular complexity index is 1440. The van der Waals surface area contributed by atoms with Gasteiger partial charge >= 0.3 is 0 Å². The summed E-state index contributed by atoms with van der Waals surface area (Å²) in [7, 11) is -2.37. The maximum Gasteiger partial charge on any atom is 0.242 e. The molecular formula is C26H28N2O5S. The summed E-state index contributed by atoms with van der Waals surface area (Å²) in [5.41, 5.74) is 2.68. The minimum atomic E-state index is -3.89. The van der Waals surface area contributed by atoms with E-state index in [0.29, 0.717) is 23.4 Å².